The minimum absolute atomic E-state index is 0.482. The number of hydrogen-bond donors (Lipinski definition) is 1. The van der Waals surface area contributed by atoms with Gasteiger partial charge in [0.15, 0.2) is 0 Å². The Morgan fingerprint density at radius 1 is 1.11 bits per heavy atom. The Kier molecular flexibility index (Phi) is 3.75. The van der Waals surface area contributed by atoms with Gasteiger partial charge in [-0.25, -0.2) is 4.79 Å². The smallest absolute Gasteiger partial charge is 0.337 e. The van der Waals surface area contributed by atoms with Gasteiger partial charge in [-0.05, 0) is 29.7 Å². The van der Waals surface area contributed by atoms with Crippen molar-refractivity contribution in [3.05, 3.63) is 54.1 Å². The van der Waals surface area contributed by atoms with Gasteiger partial charge in [-0.3, -0.25) is 0 Å². The largest absolute Gasteiger partial charge is 0.425 e. The summed E-state index contributed by atoms with van der Waals surface area (Å²) in [4.78, 5) is 11.1. The normalized spacial score (nSPS) is 10.1. The highest BCUT2D eigenvalue weighted by atomic mass is 16.5. The Morgan fingerprint density at radius 2 is 1.83 bits per heavy atom. The number of ether oxygens (including phenoxy) is 1. The average molecular weight is 242 g/mol. The second-order valence-electron chi connectivity index (χ2n) is 3.93. The minimum atomic E-state index is -0.650. The molecule has 0 aliphatic heterocycles. The third kappa shape index (κ3) is 2.57. The standard InChI is InChI=1S/C15H14O3/c1-11-13(12-6-3-2-4-7-12)8-5-9-14(11)18-15(17)10-16/h2-9,16H,10H2,1H3. The van der Waals surface area contributed by atoms with Crippen LogP contribution in [0.15, 0.2) is 48.5 Å². The highest BCUT2D eigenvalue weighted by Gasteiger charge is 2.09. The summed E-state index contributed by atoms with van der Waals surface area (Å²) in [7, 11) is 0. The van der Waals surface area contributed by atoms with E-state index < -0.39 is 12.6 Å². The molecule has 2 aromatic carbocycles. The van der Waals surface area contributed by atoms with Crippen LogP contribution in [0, 0.1) is 6.92 Å². The first-order valence-corrected chi connectivity index (χ1v) is 5.69. The van der Waals surface area contributed by atoms with Gasteiger partial charge in [-0.2, -0.15) is 0 Å². The van der Waals surface area contributed by atoms with Crippen molar-refractivity contribution in [3.63, 3.8) is 0 Å². The molecule has 0 aliphatic rings. The molecule has 92 valence electrons. The molecule has 0 unspecified atom stereocenters. The number of benzene rings is 2. The number of hydrogen-bond acceptors (Lipinski definition) is 3. The predicted octanol–water partition coefficient (Wildman–Crippen LogP) is 2.56. The van der Waals surface area contributed by atoms with Crippen molar-refractivity contribution in [2.75, 3.05) is 6.61 Å². The monoisotopic (exact) mass is 242 g/mol. The van der Waals surface area contributed by atoms with E-state index in [4.69, 9.17) is 9.84 Å². The lowest BCUT2D eigenvalue weighted by atomic mass is 10.00. The number of esters is 1. The molecule has 0 aliphatic carbocycles. The fourth-order valence-corrected chi connectivity index (χ4v) is 1.81. The summed E-state index contributed by atoms with van der Waals surface area (Å²) < 4.78 is 5.07. The van der Waals surface area contributed by atoms with Crippen LogP contribution < -0.4 is 4.74 Å². The second-order valence-corrected chi connectivity index (χ2v) is 3.93. The molecule has 18 heavy (non-hydrogen) atoms. The second kappa shape index (κ2) is 5.47. The lowest BCUT2D eigenvalue weighted by Crippen LogP contribution is -2.13. The maximum absolute atomic E-state index is 11.1. The fraction of sp³-hybridized carbons (Fsp3) is 0.133. The van der Waals surface area contributed by atoms with Gasteiger partial charge in [0.1, 0.15) is 12.4 Å². The van der Waals surface area contributed by atoms with E-state index >= 15 is 0 Å². The summed E-state index contributed by atoms with van der Waals surface area (Å²) in [5.41, 5.74) is 2.96. The van der Waals surface area contributed by atoms with E-state index in [1.54, 1.807) is 6.07 Å². The van der Waals surface area contributed by atoms with E-state index in [0.29, 0.717) is 5.75 Å². The van der Waals surface area contributed by atoms with E-state index in [-0.39, 0.29) is 0 Å². The maximum atomic E-state index is 11.1. The molecule has 0 amide bonds. The van der Waals surface area contributed by atoms with Crippen LogP contribution in [0.3, 0.4) is 0 Å². The Balaban J connectivity index is 2.39. The summed E-state index contributed by atoms with van der Waals surface area (Å²) in [6.45, 7) is 1.28. The highest BCUT2D eigenvalue weighted by molar-refractivity contribution is 5.76. The molecule has 0 saturated carbocycles. The summed E-state index contributed by atoms with van der Waals surface area (Å²) in [6.07, 6.45) is 0. The van der Waals surface area contributed by atoms with E-state index in [1.807, 2.05) is 49.4 Å². The van der Waals surface area contributed by atoms with Crippen molar-refractivity contribution in [1.82, 2.24) is 0 Å². The molecule has 0 fully saturated rings. The predicted molar refractivity (Wildman–Crippen MR) is 69.3 cm³/mol. The zero-order chi connectivity index (χ0) is 13.0. The zero-order valence-corrected chi connectivity index (χ0v) is 10.1. The van der Waals surface area contributed by atoms with Crippen LogP contribution in [0.4, 0.5) is 0 Å². The molecule has 2 aromatic rings. The first kappa shape index (κ1) is 12.3. The first-order valence-electron chi connectivity index (χ1n) is 5.69. The quantitative estimate of drug-likeness (QED) is 0.664. The highest BCUT2D eigenvalue weighted by Crippen LogP contribution is 2.29. The molecule has 0 aromatic heterocycles. The molecule has 0 saturated heterocycles. The van der Waals surface area contributed by atoms with Gasteiger partial charge < -0.3 is 9.84 Å². The van der Waals surface area contributed by atoms with Crippen LogP contribution in [-0.4, -0.2) is 17.7 Å². The third-order valence-corrected chi connectivity index (χ3v) is 2.72. The number of carbonyl (C=O) groups excluding carboxylic acids is 1. The fourth-order valence-electron chi connectivity index (χ4n) is 1.81. The van der Waals surface area contributed by atoms with E-state index in [9.17, 15) is 4.79 Å². The third-order valence-electron chi connectivity index (χ3n) is 2.72. The van der Waals surface area contributed by atoms with Crippen molar-refractivity contribution >= 4 is 5.97 Å². The SMILES string of the molecule is Cc1c(OC(=O)CO)cccc1-c1ccccc1. The van der Waals surface area contributed by atoms with Crippen molar-refractivity contribution in [2.45, 2.75) is 6.92 Å². The van der Waals surface area contributed by atoms with Gasteiger partial charge in [0, 0.05) is 0 Å². The molecule has 2 rings (SSSR count). The molecule has 0 bridgehead atoms. The van der Waals surface area contributed by atoms with Gasteiger partial charge >= 0.3 is 5.97 Å². The molecule has 0 heterocycles. The van der Waals surface area contributed by atoms with Gasteiger partial charge in [-0.15, -0.1) is 0 Å². The van der Waals surface area contributed by atoms with Crippen LogP contribution >= 0.6 is 0 Å². The van der Waals surface area contributed by atoms with Crippen molar-refractivity contribution in [2.24, 2.45) is 0 Å². The molecule has 3 nitrogen and oxygen atoms in total. The molecular formula is C15H14O3. The summed E-state index contributed by atoms with van der Waals surface area (Å²) in [6, 6.07) is 15.4. The maximum Gasteiger partial charge on any atom is 0.337 e. The summed E-state index contributed by atoms with van der Waals surface area (Å²) >= 11 is 0. The zero-order valence-electron chi connectivity index (χ0n) is 10.1. The Bertz CT molecular complexity index is 547. The number of aliphatic hydroxyl groups excluding tert-OH is 1. The molecule has 0 atom stereocenters. The topological polar surface area (TPSA) is 46.5 Å². The van der Waals surface area contributed by atoms with E-state index in [0.717, 1.165) is 16.7 Å². The van der Waals surface area contributed by atoms with Gasteiger partial charge in [0.25, 0.3) is 0 Å². The molecular weight excluding hydrogens is 228 g/mol. The lowest BCUT2D eigenvalue weighted by molar-refractivity contribution is -0.137. The minimum Gasteiger partial charge on any atom is -0.425 e. The van der Waals surface area contributed by atoms with E-state index in [1.165, 1.54) is 0 Å². The van der Waals surface area contributed by atoms with Crippen LogP contribution in [0.1, 0.15) is 5.56 Å². The van der Waals surface area contributed by atoms with Crippen LogP contribution in [0.25, 0.3) is 11.1 Å². The Morgan fingerprint density at radius 3 is 2.50 bits per heavy atom. The number of aliphatic hydroxyl groups is 1. The van der Waals surface area contributed by atoms with Crippen LogP contribution in [0.2, 0.25) is 0 Å². The van der Waals surface area contributed by atoms with Crippen LogP contribution in [-0.2, 0) is 4.79 Å². The van der Waals surface area contributed by atoms with Crippen molar-refractivity contribution in [1.29, 1.82) is 0 Å². The molecule has 0 spiro atoms. The molecule has 3 heteroatoms. The Labute approximate surface area is 106 Å². The first-order chi connectivity index (χ1) is 8.72. The van der Waals surface area contributed by atoms with E-state index in [2.05, 4.69) is 0 Å². The van der Waals surface area contributed by atoms with Crippen molar-refractivity contribution < 1.29 is 14.6 Å². The number of rotatable bonds is 3. The number of carbonyl (C=O) groups is 1. The summed E-state index contributed by atoms with van der Waals surface area (Å²) in [5, 5.41) is 8.70. The van der Waals surface area contributed by atoms with Gasteiger partial charge in [0.2, 0.25) is 0 Å². The van der Waals surface area contributed by atoms with Crippen molar-refractivity contribution in [3.8, 4) is 16.9 Å². The average Bonchev–Trinajstić information content (AvgIpc) is 2.42. The Hall–Kier alpha value is -2.13. The van der Waals surface area contributed by atoms with Gasteiger partial charge in [-0.1, -0.05) is 42.5 Å². The van der Waals surface area contributed by atoms with Gasteiger partial charge in [0.05, 0.1) is 0 Å². The lowest BCUT2D eigenvalue weighted by Gasteiger charge is -2.11. The molecule has 0 radical (unpaired) electrons. The van der Waals surface area contributed by atoms with Crippen LogP contribution in [0.5, 0.6) is 5.75 Å². The molecule has 1 N–H and O–H groups in total. The summed E-state index contributed by atoms with van der Waals surface area (Å²) in [5.74, 6) is -0.168.